The summed E-state index contributed by atoms with van der Waals surface area (Å²) in [4.78, 5) is 0. The number of allylic oxidation sites excluding steroid dienone is 1. The molecule has 0 bridgehead atoms. The van der Waals surface area contributed by atoms with Gasteiger partial charge in [-0.25, -0.2) is 0 Å². The predicted molar refractivity (Wildman–Crippen MR) is 71.3 cm³/mol. The molecule has 0 heterocycles. The molecule has 0 aliphatic rings. The molecule has 84 valence electrons. The summed E-state index contributed by atoms with van der Waals surface area (Å²) < 4.78 is 0. The van der Waals surface area contributed by atoms with Gasteiger partial charge in [0.15, 0.2) is 0 Å². The lowest BCUT2D eigenvalue weighted by Crippen LogP contribution is -1.93. The maximum absolute atomic E-state index is 3.80. The van der Waals surface area contributed by atoms with Crippen molar-refractivity contribution in [3.63, 3.8) is 0 Å². The van der Waals surface area contributed by atoms with Crippen molar-refractivity contribution < 1.29 is 0 Å². The van der Waals surface area contributed by atoms with Crippen molar-refractivity contribution in [1.82, 2.24) is 0 Å². The van der Waals surface area contributed by atoms with Crippen LogP contribution in [-0.4, -0.2) is 0 Å². The molecular formula is C16H20. The zero-order chi connectivity index (χ0) is 11.6. The summed E-state index contributed by atoms with van der Waals surface area (Å²) in [5, 5.41) is 0. The predicted octanol–water partition coefficient (Wildman–Crippen LogP) is 4.54. The van der Waals surface area contributed by atoms with Gasteiger partial charge in [-0.1, -0.05) is 55.7 Å². The molecule has 0 aliphatic carbocycles. The van der Waals surface area contributed by atoms with Crippen LogP contribution in [0.2, 0.25) is 0 Å². The van der Waals surface area contributed by atoms with Gasteiger partial charge in [0.05, 0.1) is 0 Å². The Kier molecular flexibility index (Phi) is 6.11. The summed E-state index contributed by atoms with van der Waals surface area (Å²) in [6.45, 7) is 6.00. The molecule has 0 heteroatoms. The average Bonchev–Trinajstić information content (AvgIpc) is 2.34. The Morgan fingerprint density at radius 1 is 1.31 bits per heavy atom. The third kappa shape index (κ3) is 4.36. The number of unbranched alkanes of at least 4 members (excludes halogenated alkanes) is 2. The van der Waals surface area contributed by atoms with Crippen LogP contribution in [0.1, 0.15) is 44.1 Å². The topological polar surface area (TPSA) is 0 Å². The lowest BCUT2D eigenvalue weighted by atomic mass is 9.96. The molecule has 0 fully saturated rings. The first-order chi connectivity index (χ1) is 7.88. The lowest BCUT2D eigenvalue weighted by Gasteiger charge is -2.07. The molecule has 0 aromatic heterocycles. The van der Waals surface area contributed by atoms with Gasteiger partial charge in [-0.15, -0.1) is 12.5 Å². The molecule has 1 atom stereocenters. The maximum atomic E-state index is 3.80. The van der Waals surface area contributed by atoms with Crippen LogP contribution in [0.5, 0.6) is 0 Å². The molecule has 0 nitrogen and oxygen atoms in total. The molecule has 0 saturated carbocycles. The highest BCUT2D eigenvalue weighted by molar-refractivity contribution is 5.28. The van der Waals surface area contributed by atoms with Gasteiger partial charge in [0, 0.05) is 12.3 Å². The smallest absolute Gasteiger partial charge is 0.0486 e. The second-order valence-electron chi connectivity index (χ2n) is 3.91. The molecule has 1 aromatic rings. The average molecular weight is 212 g/mol. The fourth-order valence-electron chi connectivity index (χ4n) is 1.59. The van der Waals surface area contributed by atoms with Gasteiger partial charge in [-0.3, -0.25) is 0 Å². The number of benzene rings is 1. The molecular weight excluding hydrogens is 192 g/mol. The lowest BCUT2D eigenvalue weighted by molar-refractivity contribution is 0.823. The molecule has 0 amide bonds. The van der Waals surface area contributed by atoms with E-state index < -0.39 is 0 Å². The van der Waals surface area contributed by atoms with Crippen LogP contribution in [0.25, 0.3) is 0 Å². The van der Waals surface area contributed by atoms with E-state index in [9.17, 15) is 0 Å². The van der Waals surface area contributed by atoms with E-state index in [0.29, 0.717) is 5.92 Å². The summed E-state index contributed by atoms with van der Waals surface area (Å²) in [5.41, 5.74) is 1.30. The Morgan fingerprint density at radius 3 is 2.69 bits per heavy atom. The van der Waals surface area contributed by atoms with Crippen LogP contribution in [0.15, 0.2) is 43.0 Å². The Bertz CT molecular complexity index is 351. The summed E-state index contributed by atoms with van der Waals surface area (Å²) in [7, 11) is 0. The Hall–Kier alpha value is -1.48. The third-order valence-corrected chi connectivity index (χ3v) is 2.54. The second kappa shape index (κ2) is 7.77. The quantitative estimate of drug-likeness (QED) is 0.382. The first-order valence-electron chi connectivity index (χ1n) is 6.02. The molecule has 1 unspecified atom stereocenters. The second-order valence-corrected chi connectivity index (χ2v) is 3.91. The first kappa shape index (κ1) is 12.6. The van der Waals surface area contributed by atoms with Crippen LogP contribution in [0, 0.1) is 11.8 Å². The van der Waals surface area contributed by atoms with Gasteiger partial charge < -0.3 is 0 Å². The van der Waals surface area contributed by atoms with Crippen LogP contribution in [-0.2, 0) is 0 Å². The standard InChI is InChI=1S/C16H20/c1-3-5-6-8-12-15(11-4-2)16-13-9-7-10-14-16/h4,7,9-10,13-15H,2-3,5-6,11H2,1H3. The summed E-state index contributed by atoms with van der Waals surface area (Å²) in [5.74, 6) is 6.94. The first-order valence-corrected chi connectivity index (χ1v) is 6.02. The Balaban J connectivity index is 2.66. The van der Waals surface area contributed by atoms with E-state index >= 15 is 0 Å². The number of hydrogen-bond donors (Lipinski definition) is 0. The van der Waals surface area contributed by atoms with Crippen molar-refractivity contribution in [1.29, 1.82) is 0 Å². The highest BCUT2D eigenvalue weighted by Crippen LogP contribution is 2.18. The molecule has 0 N–H and O–H groups in total. The van der Waals surface area contributed by atoms with Gasteiger partial charge in [-0.05, 0) is 18.4 Å². The van der Waals surface area contributed by atoms with Gasteiger partial charge in [0.2, 0.25) is 0 Å². The van der Waals surface area contributed by atoms with Crippen LogP contribution >= 0.6 is 0 Å². The minimum absolute atomic E-state index is 0.315. The van der Waals surface area contributed by atoms with Crippen molar-refractivity contribution in [2.24, 2.45) is 0 Å². The third-order valence-electron chi connectivity index (χ3n) is 2.54. The van der Waals surface area contributed by atoms with E-state index in [1.165, 1.54) is 18.4 Å². The molecule has 0 aliphatic heterocycles. The van der Waals surface area contributed by atoms with Crippen molar-refractivity contribution in [3.05, 3.63) is 48.6 Å². The molecule has 0 saturated heterocycles. The minimum atomic E-state index is 0.315. The van der Waals surface area contributed by atoms with Gasteiger partial charge in [0.1, 0.15) is 0 Å². The Morgan fingerprint density at radius 2 is 2.06 bits per heavy atom. The zero-order valence-electron chi connectivity index (χ0n) is 10.1. The normalized spacial score (nSPS) is 11.3. The molecule has 0 spiro atoms. The fraction of sp³-hybridized carbons (Fsp3) is 0.375. The summed E-state index contributed by atoms with van der Waals surface area (Å²) in [6, 6.07) is 10.5. The largest absolute Gasteiger partial charge is 0.103 e. The van der Waals surface area contributed by atoms with E-state index in [4.69, 9.17) is 0 Å². The zero-order valence-corrected chi connectivity index (χ0v) is 10.1. The van der Waals surface area contributed by atoms with Crippen molar-refractivity contribution in [2.75, 3.05) is 0 Å². The summed E-state index contributed by atoms with van der Waals surface area (Å²) >= 11 is 0. The van der Waals surface area contributed by atoms with E-state index in [2.05, 4.69) is 49.6 Å². The number of hydrogen-bond acceptors (Lipinski definition) is 0. The highest BCUT2D eigenvalue weighted by Gasteiger charge is 2.04. The van der Waals surface area contributed by atoms with Gasteiger partial charge in [-0.2, -0.15) is 0 Å². The van der Waals surface area contributed by atoms with E-state index in [1.807, 2.05) is 12.1 Å². The molecule has 1 aromatic carbocycles. The van der Waals surface area contributed by atoms with Gasteiger partial charge in [0.25, 0.3) is 0 Å². The van der Waals surface area contributed by atoms with Crippen molar-refractivity contribution >= 4 is 0 Å². The summed E-state index contributed by atoms with van der Waals surface area (Å²) in [6.07, 6.45) is 6.31. The SMILES string of the molecule is C=CCC(C#CCCCC)c1ccccc1. The van der Waals surface area contributed by atoms with E-state index in [-0.39, 0.29) is 0 Å². The van der Waals surface area contributed by atoms with E-state index in [1.54, 1.807) is 0 Å². The highest BCUT2D eigenvalue weighted by atomic mass is 14.1. The van der Waals surface area contributed by atoms with Crippen LogP contribution in [0.3, 0.4) is 0 Å². The fourth-order valence-corrected chi connectivity index (χ4v) is 1.59. The maximum Gasteiger partial charge on any atom is 0.0486 e. The van der Waals surface area contributed by atoms with Crippen LogP contribution in [0.4, 0.5) is 0 Å². The van der Waals surface area contributed by atoms with Crippen molar-refractivity contribution in [3.8, 4) is 11.8 Å². The Labute approximate surface area is 99.4 Å². The molecule has 16 heavy (non-hydrogen) atoms. The van der Waals surface area contributed by atoms with Crippen LogP contribution < -0.4 is 0 Å². The van der Waals surface area contributed by atoms with Gasteiger partial charge >= 0.3 is 0 Å². The minimum Gasteiger partial charge on any atom is -0.103 e. The molecule has 1 rings (SSSR count). The molecule has 0 radical (unpaired) electrons. The van der Waals surface area contributed by atoms with Crippen molar-refractivity contribution in [2.45, 2.75) is 38.5 Å². The monoisotopic (exact) mass is 212 g/mol. The van der Waals surface area contributed by atoms with E-state index in [0.717, 1.165) is 12.8 Å². The number of rotatable bonds is 5.